The fourth-order valence-electron chi connectivity index (χ4n) is 2.00. The molecule has 0 aliphatic heterocycles. The first-order chi connectivity index (χ1) is 11.3. The van der Waals surface area contributed by atoms with Crippen LogP contribution in [0.5, 0.6) is 0 Å². The lowest BCUT2D eigenvalue weighted by atomic mass is 10.3. The molecule has 0 spiro atoms. The first-order valence-electron chi connectivity index (χ1n) is 7.22. The predicted molar refractivity (Wildman–Crippen MR) is 94.9 cm³/mol. The maximum Gasteiger partial charge on any atom is 0.309 e. The first-order valence-corrected chi connectivity index (χ1v) is 10.5. The summed E-state index contributed by atoms with van der Waals surface area (Å²) in [7, 11) is -3.64. The Hall–Kier alpha value is -1.71. The van der Waals surface area contributed by atoms with Crippen LogP contribution in [0.15, 0.2) is 39.2 Å². The maximum atomic E-state index is 12.8. The van der Waals surface area contributed by atoms with Crippen LogP contribution >= 0.6 is 22.7 Å². The SMILES string of the molecule is CC(C)NC(=O)C(=O)NCC(c1cccs1)S(=O)(=O)c1cccs1. The van der Waals surface area contributed by atoms with Crippen LogP contribution in [0.4, 0.5) is 0 Å². The second-order valence-electron chi connectivity index (χ2n) is 5.32. The average molecular weight is 387 g/mol. The zero-order valence-corrected chi connectivity index (χ0v) is 15.6. The quantitative estimate of drug-likeness (QED) is 0.743. The van der Waals surface area contributed by atoms with Crippen molar-refractivity contribution in [2.24, 2.45) is 0 Å². The molecule has 9 heteroatoms. The summed E-state index contributed by atoms with van der Waals surface area (Å²) < 4.78 is 25.9. The third-order valence-electron chi connectivity index (χ3n) is 3.08. The smallest absolute Gasteiger partial charge is 0.309 e. The van der Waals surface area contributed by atoms with Gasteiger partial charge in [0.1, 0.15) is 9.46 Å². The number of hydrogen-bond acceptors (Lipinski definition) is 6. The molecule has 2 heterocycles. The molecule has 130 valence electrons. The van der Waals surface area contributed by atoms with E-state index in [0.717, 1.165) is 11.3 Å². The molecule has 1 unspecified atom stereocenters. The Kier molecular flexibility index (Phi) is 6.14. The fourth-order valence-corrected chi connectivity index (χ4v) is 5.99. The van der Waals surface area contributed by atoms with Crippen LogP contribution in [0.1, 0.15) is 24.0 Å². The summed E-state index contributed by atoms with van der Waals surface area (Å²) in [6, 6.07) is 6.49. The molecule has 0 aromatic carbocycles. The zero-order valence-electron chi connectivity index (χ0n) is 13.2. The van der Waals surface area contributed by atoms with E-state index in [1.54, 1.807) is 42.8 Å². The van der Waals surface area contributed by atoms with Crippen LogP contribution in [0, 0.1) is 0 Å². The van der Waals surface area contributed by atoms with Crippen molar-refractivity contribution in [1.29, 1.82) is 0 Å². The molecule has 0 radical (unpaired) electrons. The van der Waals surface area contributed by atoms with Gasteiger partial charge in [-0.1, -0.05) is 12.1 Å². The van der Waals surface area contributed by atoms with Crippen LogP contribution in [-0.4, -0.2) is 32.8 Å². The third kappa shape index (κ3) is 4.43. The van der Waals surface area contributed by atoms with Gasteiger partial charge in [0.25, 0.3) is 0 Å². The molecule has 2 aromatic heterocycles. The van der Waals surface area contributed by atoms with Crippen molar-refractivity contribution in [2.75, 3.05) is 6.54 Å². The summed E-state index contributed by atoms with van der Waals surface area (Å²) >= 11 is 2.43. The lowest BCUT2D eigenvalue weighted by Crippen LogP contribution is -2.44. The van der Waals surface area contributed by atoms with E-state index in [0.29, 0.717) is 4.88 Å². The molecule has 2 aromatic rings. The van der Waals surface area contributed by atoms with Gasteiger partial charge < -0.3 is 10.6 Å². The number of thiophene rings is 2. The topological polar surface area (TPSA) is 92.3 Å². The minimum Gasteiger partial charge on any atom is -0.346 e. The fraction of sp³-hybridized carbons (Fsp3) is 0.333. The standard InChI is InChI=1S/C15H18N2O4S3/c1-10(2)17-15(19)14(18)16-9-12(11-5-3-7-22-11)24(20,21)13-6-4-8-23-13/h3-8,10,12H,9H2,1-2H3,(H,16,18)(H,17,19). The van der Waals surface area contributed by atoms with Crippen molar-refractivity contribution in [3.05, 3.63) is 39.9 Å². The third-order valence-corrected chi connectivity index (χ3v) is 7.73. The van der Waals surface area contributed by atoms with E-state index in [9.17, 15) is 18.0 Å². The molecule has 24 heavy (non-hydrogen) atoms. The summed E-state index contributed by atoms with van der Waals surface area (Å²) in [6.45, 7) is 3.31. The summed E-state index contributed by atoms with van der Waals surface area (Å²) in [5.74, 6) is -1.62. The largest absolute Gasteiger partial charge is 0.346 e. The molecule has 0 aliphatic rings. The Labute approximate surface area is 148 Å². The Morgan fingerprint density at radius 1 is 1.08 bits per heavy atom. The Balaban J connectivity index is 2.17. The monoisotopic (exact) mass is 386 g/mol. The van der Waals surface area contributed by atoms with Crippen molar-refractivity contribution < 1.29 is 18.0 Å². The molecule has 2 N–H and O–H groups in total. The highest BCUT2D eigenvalue weighted by atomic mass is 32.2. The molecule has 2 rings (SSSR count). The van der Waals surface area contributed by atoms with E-state index in [4.69, 9.17) is 0 Å². The predicted octanol–water partition coefficient (Wildman–Crippen LogP) is 1.97. The molecule has 0 fully saturated rings. The highest BCUT2D eigenvalue weighted by Crippen LogP contribution is 2.33. The van der Waals surface area contributed by atoms with Gasteiger partial charge >= 0.3 is 11.8 Å². The van der Waals surface area contributed by atoms with Crippen LogP contribution in [0.3, 0.4) is 0 Å². The number of carbonyl (C=O) groups excluding carboxylic acids is 2. The van der Waals surface area contributed by atoms with E-state index in [1.807, 2.05) is 0 Å². The second-order valence-corrected chi connectivity index (χ2v) is 9.60. The van der Waals surface area contributed by atoms with Gasteiger partial charge in [0.2, 0.25) is 0 Å². The Morgan fingerprint density at radius 2 is 1.75 bits per heavy atom. The molecule has 1 atom stereocenters. The van der Waals surface area contributed by atoms with Crippen LogP contribution in [-0.2, 0) is 19.4 Å². The summed E-state index contributed by atoms with van der Waals surface area (Å²) in [4.78, 5) is 24.1. The van der Waals surface area contributed by atoms with Crippen LogP contribution in [0.25, 0.3) is 0 Å². The van der Waals surface area contributed by atoms with Crippen LogP contribution in [0.2, 0.25) is 0 Å². The number of hydrogen-bond donors (Lipinski definition) is 2. The van der Waals surface area contributed by atoms with Gasteiger partial charge in [-0.25, -0.2) is 8.42 Å². The van der Waals surface area contributed by atoms with Gasteiger partial charge in [-0.3, -0.25) is 9.59 Å². The number of nitrogens with one attached hydrogen (secondary N) is 2. The zero-order chi connectivity index (χ0) is 17.7. The van der Waals surface area contributed by atoms with E-state index in [2.05, 4.69) is 10.6 Å². The van der Waals surface area contributed by atoms with Crippen molar-refractivity contribution in [2.45, 2.75) is 29.3 Å². The van der Waals surface area contributed by atoms with E-state index in [1.165, 1.54) is 17.4 Å². The van der Waals surface area contributed by atoms with Crippen LogP contribution < -0.4 is 10.6 Å². The summed E-state index contributed by atoms with van der Waals surface area (Å²) in [5.41, 5.74) is 0. The lowest BCUT2D eigenvalue weighted by molar-refractivity contribution is -0.139. The van der Waals surface area contributed by atoms with Gasteiger partial charge in [-0.05, 0) is 36.7 Å². The molecular weight excluding hydrogens is 368 g/mol. The van der Waals surface area contributed by atoms with Gasteiger partial charge in [0.05, 0.1) is 0 Å². The first kappa shape index (κ1) is 18.6. The summed E-state index contributed by atoms with van der Waals surface area (Å²) in [6.07, 6.45) is 0. The van der Waals surface area contributed by atoms with Crippen molar-refractivity contribution in [3.63, 3.8) is 0 Å². The number of carbonyl (C=O) groups is 2. The number of rotatable bonds is 6. The average Bonchev–Trinajstić information content (AvgIpc) is 3.20. The molecule has 0 aliphatic carbocycles. The summed E-state index contributed by atoms with van der Waals surface area (Å²) in [5, 5.41) is 7.44. The van der Waals surface area contributed by atoms with Crippen molar-refractivity contribution >= 4 is 44.3 Å². The molecule has 0 saturated heterocycles. The normalized spacial score (nSPS) is 12.8. The number of sulfone groups is 1. The van der Waals surface area contributed by atoms with Crippen molar-refractivity contribution in [3.8, 4) is 0 Å². The Bertz CT molecular complexity index is 781. The maximum absolute atomic E-state index is 12.8. The van der Waals surface area contributed by atoms with Gasteiger partial charge in [0, 0.05) is 17.5 Å². The van der Waals surface area contributed by atoms with E-state index >= 15 is 0 Å². The molecular formula is C15H18N2O4S3. The molecule has 6 nitrogen and oxygen atoms in total. The lowest BCUT2D eigenvalue weighted by Gasteiger charge is -2.16. The van der Waals surface area contributed by atoms with Gasteiger partial charge in [-0.2, -0.15) is 0 Å². The number of amides is 2. The van der Waals surface area contributed by atoms with Gasteiger partial charge in [0.15, 0.2) is 9.84 Å². The highest BCUT2D eigenvalue weighted by molar-refractivity contribution is 7.93. The minimum atomic E-state index is -3.64. The molecule has 0 saturated carbocycles. The van der Waals surface area contributed by atoms with Gasteiger partial charge in [-0.15, -0.1) is 22.7 Å². The van der Waals surface area contributed by atoms with E-state index in [-0.39, 0.29) is 16.8 Å². The Morgan fingerprint density at radius 3 is 2.29 bits per heavy atom. The second kappa shape index (κ2) is 7.91. The molecule has 0 bridgehead atoms. The molecule has 2 amide bonds. The minimum absolute atomic E-state index is 0.162. The van der Waals surface area contributed by atoms with E-state index < -0.39 is 26.9 Å². The highest BCUT2D eigenvalue weighted by Gasteiger charge is 2.31. The van der Waals surface area contributed by atoms with Crippen molar-refractivity contribution in [1.82, 2.24) is 10.6 Å².